The summed E-state index contributed by atoms with van der Waals surface area (Å²) in [4.78, 5) is 44.9. The van der Waals surface area contributed by atoms with Crippen LogP contribution in [0.4, 0.5) is 11.5 Å². The minimum atomic E-state index is -0.536. The van der Waals surface area contributed by atoms with Crippen LogP contribution in [-0.4, -0.2) is 27.8 Å². The van der Waals surface area contributed by atoms with Crippen LogP contribution in [0.1, 0.15) is 49.3 Å². The molecule has 0 saturated heterocycles. The van der Waals surface area contributed by atoms with Crippen LogP contribution in [0.5, 0.6) is 5.75 Å². The lowest BCUT2D eigenvalue weighted by Gasteiger charge is -2.38. The van der Waals surface area contributed by atoms with E-state index in [0.717, 1.165) is 16.8 Å². The van der Waals surface area contributed by atoms with Crippen LogP contribution < -0.4 is 15.6 Å². The molecule has 0 spiro atoms. The summed E-state index contributed by atoms with van der Waals surface area (Å²) in [6, 6.07) is 13.7. The number of aromatic nitrogens is 2. The van der Waals surface area contributed by atoms with Crippen LogP contribution in [0, 0.1) is 15.5 Å². The van der Waals surface area contributed by atoms with Crippen LogP contribution in [0.25, 0.3) is 0 Å². The van der Waals surface area contributed by atoms with E-state index in [4.69, 9.17) is 9.72 Å². The molecule has 0 radical (unpaired) electrons. The third kappa shape index (κ3) is 4.89. The Morgan fingerprint density at radius 1 is 1.11 bits per heavy atom. The van der Waals surface area contributed by atoms with E-state index in [2.05, 4.69) is 24.1 Å². The summed E-state index contributed by atoms with van der Waals surface area (Å²) in [6.07, 6.45) is 1.07. The van der Waals surface area contributed by atoms with Crippen molar-refractivity contribution in [3.05, 3.63) is 97.0 Å². The smallest absolute Gasteiger partial charge is 0.269 e. The van der Waals surface area contributed by atoms with Gasteiger partial charge in [-0.2, -0.15) is 0 Å². The number of fused-ring (bicyclic) bond motifs is 1. The first-order chi connectivity index (χ1) is 17.6. The summed E-state index contributed by atoms with van der Waals surface area (Å²) >= 11 is 1.33. The Labute approximate surface area is 217 Å². The highest BCUT2D eigenvalue weighted by atomic mass is 32.2. The lowest BCUT2D eigenvalue weighted by Crippen LogP contribution is -2.37. The summed E-state index contributed by atoms with van der Waals surface area (Å²) in [5, 5.41) is 14.6. The largest absolute Gasteiger partial charge is 0.497 e. The van der Waals surface area contributed by atoms with Crippen molar-refractivity contribution in [3.8, 4) is 5.75 Å². The standard InChI is InChI=1S/C27H26N4O5S/c1-27(2)12-19-22(20(32)13-27)21(16-6-10-18(36-3)11-7-16)23-24(28-19)29-26(30-25(23)33)37-14-15-4-8-17(9-5-15)31(34)35/h4-11,21H,12-14H2,1-3H3,(H2,28,29,30,33)/t21-/m1/s1. The summed E-state index contributed by atoms with van der Waals surface area (Å²) in [6.45, 7) is 4.12. The fourth-order valence-corrected chi connectivity index (χ4v) is 5.77. The fraction of sp³-hybridized carbons (Fsp3) is 0.296. The summed E-state index contributed by atoms with van der Waals surface area (Å²) in [5.74, 6) is 1.10. The molecule has 9 nitrogen and oxygen atoms in total. The topological polar surface area (TPSA) is 127 Å². The first kappa shape index (κ1) is 24.8. The number of anilines is 1. The highest BCUT2D eigenvalue weighted by Gasteiger charge is 2.42. The number of hydrogen-bond donors (Lipinski definition) is 2. The highest BCUT2D eigenvalue weighted by molar-refractivity contribution is 7.98. The predicted molar refractivity (Wildman–Crippen MR) is 141 cm³/mol. The van der Waals surface area contributed by atoms with Gasteiger partial charge in [0.2, 0.25) is 0 Å². The number of aromatic amines is 1. The number of methoxy groups -OCH3 is 1. The van der Waals surface area contributed by atoms with Gasteiger partial charge in [0.1, 0.15) is 11.6 Å². The van der Waals surface area contributed by atoms with E-state index < -0.39 is 10.8 Å². The van der Waals surface area contributed by atoms with Gasteiger partial charge < -0.3 is 15.0 Å². The van der Waals surface area contributed by atoms with E-state index in [0.29, 0.717) is 46.5 Å². The van der Waals surface area contributed by atoms with Crippen molar-refractivity contribution >= 4 is 29.1 Å². The lowest BCUT2D eigenvalue weighted by atomic mass is 9.69. The van der Waals surface area contributed by atoms with Crippen molar-refractivity contribution < 1.29 is 14.5 Å². The van der Waals surface area contributed by atoms with Crippen LogP contribution in [0.3, 0.4) is 0 Å². The maximum absolute atomic E-state index is 13.4. The molecule has 1 aliphatic carbocycles. The van der Waals surface area contributed by atoms with Crippen molar-refractivity contribution in [3.63, 3.8) is 0 Å². The van der Waals surface area contributed by atoms with Gasteiger partial charge in [-0.05, 0) is 35.1 Å². The second kappa shape index (κ2) is 9.51. The zero-order valence-electron chi connectivity index (χ0n) is 20.7. The minimum Gasteiger partial charge on any atom is -0.497 e. The Morgan fingerprint density at radius 2 is 1.81 bits per heavy atom. The number of carbonyl (C=O) groups is 1. The van der Waals surface area contributed by atoms with Gasteiger partial charge >= 0.3 is 0 Å². The monoisotopic (exact) mass is 518 g/mol. The Bertz CT molecular complexity index is 1480. The number of hydrogen-bond acceptors (Lipinski definition) is 8. The number of rotatable bonds is 6. The van der Waals surface area contributed by atoms with Crippen molar-refractivity contribution in [1.29, 1.82) is 0 Å². The molecule has 0 bridgehead atoms. The van der Waals surface area contributed by atoms with Crippen LogP contribution >= 0.6 is 11.8 Å². The van der Waals surface area contributed by atoms with Gasteiger partial charge in [-0.15, -0.1) is 0 Å². The van der Waals surface area contributed by atoms with Crippen LogP contribution in [0.15, 0.2) is 69.8 Å². The van der Waals surface area contributed by atoms with Gasteiger partial charge in [0, 0.05) is 41.5 Å². The molecule has 2 aromatic carbocycles. The number of non-ortho nitro benzene ring substituents is 1. The van der Waals surface area contributed by atoms with Gasteiger partial charge in [0.25, 0.3) is 11.2 Å². The van der Waals surface area contributed by atoms with E-state index in [1.165, 1.54) is 23.9 Å². The third-order valence-corrected chi connectivity index (χ3v) is 7.62. The summed E-state index contributed by atoms with van der Waals surface area (Å²) in [5.41, 5.74) is 3.03. The Morgan fingerprint density at radius 3 is 2.46 bits per heavy atom. The van der Waals surface area contributed by atoms with E-state index in [-0.39, 0.29) is 22.4 Å². The number of H-pyrrole nitrogens is 1. The normalized spacial score (nSPS) is 18.0. The SMILES string of the molecule is COc1ccc([C@@H]2C3=C(CC(C)(C)CC3=O)Nc3nc(SCc4ccc([N+](=O)[O-])cc4)[nH]c(=O)c32)cc1. The van der Waals surface area contributed by atoms with Crippen molar-refractivity contribution in [2.75, 3.05) is 12.4 Å². The quantitative estimate of drug-likeness (QED) is 0.198. The third-order valence-electron chi connectivity index (χ3n) is 6.67. The number of benzene rings is 2. The molecule has 0 amide bonds. The number of carbonyl (C=O) groups excluding carboxylic acids is 1. The van der Waals surface area contributed by atoms with E-state index in [9.17, 15) is 19.7 Å². The second-order valence-electron chi connectivity index (χ2n) is 10.0. The number of allylic oxidation sites excluding steroid dienone is 2. The molecule has 2 N–H and O–H groups in total. The molecule has 1 atom stereocenters. The van der Waals surface area contributed by atoms with Crippen molar-refractivity contribution in [1.82, 2.24) is 9.97 Å². The molecule has 190 valence electrons. The molecule has 2 heterocycles. The maximum atomic E-state index is 13.4. The van der Waals surface area contributed by atoms with Gasteiger partial charge in [0.15, 0.2) is 10.9 Å². The molecule has 3 aromatic rings. The van der Waals surface area contributed by atoms with Gasteiger partial charge in [-0.3, -0.25) is 19.7 Å². The number of nitro benzene ring substituents is 1. The average molecular weight is 519 g/mol. The van der Waals surface area contributed by atoms with Crippen molar-refractivity contribution in [2.24, 2.45) is 5.41 Å². The molecule has 2 aliphatic rings. The Kier molecular flexibility index (Phi) is 6.36. The molecule has 37 heavy (non-hydrogen) atoms. The summed E-state index contributed by atoms with van der Waals surface area (Å²) in [7, 11) is 1.59. The number of nitrogens with one attached hydrogen (secondary N) is 2. The molecule has 1 aromatic heterocycles. The number of nitrogens with zero attached hydrogens (tertiary/aromatic N) is 2. The van der Waals surface area contributed by atoms with E-state index in [1.54, 1.807) is 19.2 Å². The summed E-state index contributed by atoms with van der Waals surface area (Å²) < 4.78 is 5.29. The number of thioether (sulfide) groups is 1. The second-order valence-corrected chi connectivity index (χ2v) is 11.0. The number of Topliss-reactive ketones (excluding diaryl/α,β-unsaturated/α-hetero) is 1. The van der Waals surface area contributed by atoms with Gasteiger partial charge in [0.05, 0.1) is 17.6 Å². The predicted octanol–water partition coefficient (Wildman–Crippen LogP) is 5.18. The molecular formula is C27H26N4O5S. The maximum Gasteiger partial charge on any atom is 0.269 e. The van der Waals surface area contributed by atoms with Gasteiger partial charge in [-0.25, -0.2) is 4.98 Å². The van der Waals surface area contributed by atoms with E-state index >= 15 is 0 Å². The molecule has 0 unspecified atom stereocenters. The van der Waals surface area contributed by atoms with Crippen LogP contribution in [0.2, 0.25) is 0 Å². The molecular weight excluding hydrogens is 492 g/mol. The number of ketones is 1. The zero-order chi connectivity index (χ0) is 26.3. The molecule has 5 rings (SSSR count). The molecule has 0 saturated carbocycles. The first-order valence-corrected chi connectivity index (χ1v) is 12.8. The molecule has 0 fully saturated rings. The van der Waals surface area contributed by atoms with Gasteiger partial charge in [-0.1, -0.05) is 49.9 Å². The number of nitro groups is 1. The Hall–Kier alpha value is -3.92. The van der Waals surface area contributed by atoms with E-state index in [1.807, 2.05) is 24.3 Å². The zero-order valence-corrected chi connectivity index (χ0v) is 21.5. The average Bonchev–Trinajstić information content (AvgIpc) is 2.85. The minimum absolute atomic E-state index is 0.0249. The lowest BCUT2D eigenvalue weighted by molar-refractivity contribution is -0.384. The number of ether oxygens (including phenoxy) is 1. The molecule has 1 aliphatic heterocycles. The fourth-order valence-electron chi connectivity index (χ4n) is 4.96. The molecule has 10 heteroatoms. The van der Waals surface area contributed by atoms with Crippen LogP contribution in [-0.2, 0) is 10.5 Å². The Balaban J connectivity index is 1.52. The van der Waals surface area contributed by atoms with Crippen molar-refractivity contribution in [2.45, 2.75) is 43.5 Å². The first-order valence-electron chi connectivity index (χ1n) is 11.8. The highest BCUT2D eigenvalue weighted by Crippen LogP contribution is 2.47.